The summed E-state index contributed by atoms with van der Waals surface area (Å²) in [7, 11) is 1.85. The number of thiazole rings is 1. The van der Waals surface area contributed by atoms with Crippen molar-refractivity contribution in [1.29, 1.82) is 5.26 Å². The van der Waals surface area contributed by atoms with E-state index in [1.165, 1.54) is 22.4 Å². The van der Waals surface area contributed by atoms with Gasteiger partial charge >= 0.3 is 0 Å². The predicted octanol–water partition coefficient (Wildman–Crippen LogP) is 6.55. The predicted molar refractivity (Wildman–Crippen MR) is 260 cm³/mol. The number of carbonyl (C=O) groups is 4. The minimum atomic E-state index is -1.00. The van der Waals surface area contributed by atoms with Gasteiger partial charge in [-0.3, -0.25) is 24.2 Å². The van der Waals surface area contributed by atoms with Gasteiger partial charge in [0.15, 0.2) is 5.01 Å². The van der Waals surface area contributed by atoms with E-state index >= 15 is 0 Å². The second-order valence-corrected chi connectivity index (χ2v) is 20.6. The van der Waals surface area contributed by atoms with E-state index in [2.05, 4.69) is 47.6 Å². The number of hydrogen-bond donors (Lipinski definition) is 5. The van der Waals surface area contributed by atoms with Crippen LogP contribution in [-0.2, 0) is 19.2 Å². The van der Waals surface area contributed by atoms with Gasteiger partial charge in [-0.25, -0.2) is 9.50 Å². The fourth-order valence-corrected chi connectivity index (χ4v) is 10.8. The number of nitrogens with one attached hydrogen (secondary N) is 4. The molecule has 4 amide bonds. The Morgan fingerprint density at radius 2 is 1.71 bits per heavy atom. The first kappa shape index (κ1) is 47.9. The quantitative estimate of drug-likeness (QED) is 0.0782. The lowest BCUT2D eigenvalue weighted by Gasteiger charge is -2.35. The first-order valence-corrected chi connectivity index (χ1v) is 24.6. The third-order valence-corrected chi connectivity index (χ3v) is 14.9. The summed E-state index contributed by atoms with van der Waals surface area (Å²) in [5, 5.41) is 47.4. The van der Waals surface area contributed by atoms with Gasteiger partial charge in [0.1, 0.15) is 23.2 Å². The van der Waals surface area contributed by atoms with Crippen LogP contribution in [-0.4, -0.2) is 101 Å². The molecule has 0 unspecified atom stereocenters. The molecule has 1 aliphatic heterocycles. The molecule has 5 aromatic heterocycles. The van der Waals surface area contributed by atoms with Crippen molar-refractivity contribution < 1.29 is 24.3 Å². The molecule has 354 valence electrons. The van der Waals surface area contributed by atoms with Crippen LogP contribution in [0.15, 0.2) is 66.4 Å². The highest BCUT2D eigenvalue weighted by molar-refractivity contribution is 7.14. The van der Waals surface area contributed by atoms with Crippen LogP contribution in [0, 0.1) is 23.7 Å². The molecule has 0 radical (unpaired) electrons. The summed E-state index contributed by atoms with van der Waals surface area (Å²) in [4.78, 5) is 65.9. The van der Waals surface area contributed by atoms with Crippen LogP contribution in [0.5, 0.6) is 0 Å². The highest BCUT2D eigenvalue weighted by atomic mass is 32.1. The second-order valence-electron chi connectivity index (χ2n) is 18.7. The lowest BCUT2D eigenvalue weighted by atomic mass is 9.85. The zero-order valence-corrected chi connectivity index (χ0v) is 40.6. The Morgan fingerprint density at radius 1 is 0.956 bits per heavy atom. The average molecular weight is 957 g/mol. The van der Waals surface area contributed by atoms with Gasteiger partial charge in [0.2, 0.25) is 23.6 Å². The zero-order valence-electron chi connectivity index (χ0n) is 38.9. The van der Waals surface area contributed by atoms with Crippen LogP contribution in [0.2, 0.25) is 0 Å². The van der Waals surface area contributed by atoms with Gasteiger partial charge in [0.25, 0.3) is 0 Å². The SMILES string of the molecule is CNc1cc(-c2ccc3cc(C#N)cnn23)ncc1-c1nnc([C@H]2CC[C@H](NC(=O)CCC(=O)N[C@H](C(=O)N3C[C@H](O)C[C@H]3C(=O)N[C@@H](C)c3ccc(-c4scnc4C)cc3)C(C)(C)C)CC2)s1. The third-order valence-electron chi connectivity index (χ3n) is 12.8. The number of anilines is 1. The molecule has 1 aromatic carbocycles. The van der Waals surface area contributed by atoms with Crippen molar-refractivity contribution in [3.05, 3.63) is 88.3 Å². The largest absolute Gasteiger partial charge is 0.391 e. The lowest BCUT2D eigenvalue weighted by Crippen LogP contribution is -2.57. The number of amides is 4. The highest BCUT2D eigenvalue weighted by Crippen LogP contribution is 2.39. The molecule has 5 N–H and O–H groups in total. The monoisotopic (exact) mass is 956 g/mol. The van der Waals surface area contributed by atoms with Crippen LogP contribution in [0.3, 0.4) is 0 Å². The zero-order chi connectivity index (χ0) is 48.3. The molecule has 6 aromatic rings. The Hall–Kier alpha value is -6.62. The van der Waals surface area contributed by atoms with E-state index in [1.807, 2.05) is 89.6 Å². The number of nitriles is 1. The Kier molecular flexibility index (Phi) is 14.3. The number of aliphatic hydroxyl groups is 1. The summed E-state index contributed by atoms with van der Waals surface area (Å²) in [5.74, 6) is -1.35. The molecule has 0 bridgehead atoms. The van der Waals surface area contributed by atoms with Gasteiger partial charge < -0.3 is 31.3 Å². The topological polar surface area (TPSA) is 233 Å². The van der Waals surface area contributed by atoms with Crippen LogP contribution < -0.4 is 21.3 Å². The summed E-state index contributed by atoms with van der Waals surface area (Å²) >= 11 is 3.10. The number of benzene rings is 1. The van der Waals surface area contributed by atoms with Gasteiger partial charge in [-0.05, 0) is 80.3 Å². The summed E-state index contributed by atoms with van der Waals surface area (Å²) in [6.45, 7) is 9.29. The Balaban J connectivity index is 0.808. The summed E-state index contributed by atoms with van der Waals surface area (Å²) in [5.41, 5.74) is 8.43. The molecule has 68 heavy (non-hydrogen) atoms. The number of nitrogens with zero attached hydrogens (tertiary/aromatic N) is 8. The van der Waals surface area contributed by atoms with Crippen molar-refractivity contribution in [2.75, 3.05) is 18.9 Å². The Bertz CT molecular complexity index is 2850. The van der Waals surface area contributed by atoms with E-state index in [9.17, 15) is 29.5 Å². The summed E-state index contributed by atoms with van der Waals surface area (Å²) in [6.07, 6.45) is 5.46. The minimum absolute atomic E-state index is 0.0387. The molecule has 1 saturated carbocycles. The number of aromatic nitrogens is 6. The number of β-amino-alcohol motifs (C(OH)–C–C–N with tert-alkyl or cyclic N) is 1. The normalized spacial score (nSPS) is 19.2. The van der Waals surface area contributed by atoms with Crippen molar-refractivity contribution in [2.24, 2.45) is 5.41 Å². The molecular weight excluding hydrogens is 901 g/mol. The molecule has 2 fully saturated rings. The number of pyridine rings is 1. The van der Waals surface area contributed by atoms with Gasteiger partial charge in [-0.15, -0.1) is 21.5 Å². The van der Waals surface area contributed by atoms with Crippen LogP contribution in [0.1, 0.15) is 106 Å². The molecule has 1 saturated heterocycles. The van der Waals surface area contributed by atoms with Crippen molar-refractivity contribution in [1.82, 2.24) is 50.6 Å². The van der Waals surface area contributed by atoms with Gasteiger partial charge in [-0.2, -0.15) is 10.4 Å². The summed E-state index contributed by atoms with van der Waals surface area (Å²) in [6, 6.07) is 15.3. The fraction of sp³-hybridized carbons (Fsp3) is 0.429. The number of aliphatic hydroxyl groups excluding tert-OH is 1. The van der Waals surface area contributed by atoms with E-state index in [0.29, 0.717) is 11.3 Å². The molecule has 17 nitrogen and oxygen atoms in total. The fourth-order valence-electron chi connectivity index (χ4n) is 9.00. The van der Waals surface area contributed by atoms with Crippen LogP contribution in [0.25, 0.3) is 37.9 Å². The number of likely N-dealkylation sites (tertiary alicyclic amines) is 1. The molecule has 6 heterocycles. The van der Waals surface area contributed by atoms with Gasteiger partial charge in [0.05, 0.1) is 62.5 Å². The first-order chi connectivity index (χ1) is 32.6. The molecule has 4 atom stereocenters. The van der Waals surface area contributed by atoms with E-state index in [0.717, 1.165) is 79.9 Å². The average Bonchev–Trinajstić information content (AvgIpc) is 4.16. The van der Waals surface area contributed by atoms with Crippen molar-refractivity contribution in [2.45, 2.75) is 116 Å². The summed E-state index contributed by atoms with van der Waals surface area (Å²) < 4.78 is 1.76. The maximum absolute atomic E-state index is 14.2. The molecule has 1 aliphatic carbocycles. The van der Waals surface area contributed by atoms with Gasteiger partial charge in [0, 0.05) is 56.7 Å². The van der Waals surface area contributed by atoms with Gasteiger partial charge in [-0.1, -0.05) is 56.4 Å². The Morgan fingerprint density at radius 3 is 2.40 bits per heavy atom. The van der Waals surface area contributed by atoms with Crippen molar-refractivity contribution in [3.8, 4) is 38.5 Å². The second kappa shape index (κ2) is 20.3. The minimum Gasteiger partial charge on any atom is -0.391 e. The van der Waals surface area contributed by atoms with Crippen molar-refractivity contribution >= 4 is 57.5 Å². The maximum Gasteiger partial charge on any atom is 0.246 e. The molecule has 19 heteroatoms. The molecule has 8 rings (SSSR count). The molecule has 0 spiro atoms. The smallest absolute Gasteiger partial charge is 0.246 e. The lowest BCUT2D eigenvalue weighted by molar-refractivity contribution is -0.144. The number of hydrogen-bond acceptors (Lipinski definition) is 14. The first-order valence-electron chi connectivity index (χ1n) is 22.9. The number of carbonyl (C=O) groups excluding carboxylic acids is 4. The molecular formula is C49H56N12O5S2. The van der Waals surface area contributed by atoms with E-state index < -0.39 is 35.4 Å². The highest BCUT2D eigenvalue weighted by Gasteiger charge is 2.45. The van der Waals surface area contributed by atoms with Crippen LogP contribution >= 0.6 is 22.7 Å². The van der Waals surface area contributed by atoms with Crippen molar-refractivity contribution in [3.63, 3.8) is 0 Å². The third kappa shape index (κ3) is 10.6. The van der Waals surface area contributed by atoms with E-state index in [4.69, 9.17) is 4.98 Å². The Labute approximate surface area is 402 Å². The number of fused-ring (bicyclic) bond motifs is 1. The van der Waals surface area contributed by atoms with E-state index in [1.54, 1.807) is 28.1 Å². The van der Waals surface area contributed by atoms with E-state index in [-0.39, 0.29) is 55.6 Å². The standard InChI is InChI=1S/C49H56N12O5S2/c1-27(30-7-9-31(10-8-30)43-28(2)53-26-67-43)55-45(65)40-20-35(62)25-60(40)48(66)44(49(3,4)5)57-42(64)18-17-41(63)56-33-13-11-32(12-14-33)46-58-59-47(68-46)36-24-52-38(21-37(36)51-6)39-16-15-34-19-29(22-50)23-54-61(34)39/h7-10,15-16,19,21,23-24,26-27,32-33,35,40,44,62H,11-14,17-18,20,25H2,1-6H3,(H,51,52)(H,55,65)(H,56,63)(H,57,64)/t27-,32-,33-,35+,40-,44+/m0/s1. The van der Waals surface area contributed by atoms with Crippen LogP contribution in [0.4, 0.5) is 5.69 Å². The number of aryl methyl sites for hydroxylation is 1. The number of rotatable bonds is 14. The maximum atomic E-state index is 14.2. The molecule has 2 aliphatic rings.